The van der Waals surface area contributed by atoms with E-state index in [9.17, 15) is 4.79 Å². The van der Waals surface area contributed by atoms with Crippen molar-refractivity contribution in [3.8, 4) is 23.0 Å². The molecule has 2 aromatic carbocycles. The highest BCUT2D eigenvalue weighted by Crippen LogP contribution is 2.31. The third kappa shape index (κ3) is 4.77. The van der Waals surface area contributed by atoms with E-state index in [1.54, 1.807) is 25.2 Å². The summed E-state index contributed by atoms with van der Waals surface area (Å²) in [6, 6.07) is 12.9. The number of para-hydroxylation sites is 2. The van der Waals surface area contributed by atoms with Crippen LogP contribution >= 0.6 is 12.2 Å². The van der Waals surface area contributed by atoms with Gasteiger partial charge in [0.1, 0.15) is 18.1 Å². The lowest BCUT2D eigenvalue weighted by atomic mass is 10.2. The summed E-state index contributed by atoms with van der Waals surface area (Å²) in [5.74, 6) is 2.56. The number of benzene rings is 2. The normalized spacial score (nSPS) is 17.7. The van der Waals surface area contributed by atoms with Gasteiger partial charge >= 0.3 is 0 Å². The molecule has 1 amide bonds. The fourth-order valence-corrected chi connectivity index (χ4v) is 3.86. The van der Waals surface area contributed by atoms with Crippen LogP contribution in [-0.2, 0) is 4.79 Å². The van der Waals surface area contributed by atoms with Gasteiger partial charge in [-0.3, -0.25) is 4.79 Å². The summed E-state index contributed by atoms with van der Waals surface area (Å²) in [6.45, 7) is 2.59. The maximum Gasteiger partial charge on any atom is 0.267 e. The summed E-state index contributed by atoms with van der Waals surface area (Å²) in [6.07, 6.45) is -0.629. The molecule has 0 aliphatic carbocycles. The topological polar surface area (TPSA) is 72.5 Å². The number of thiocarbonyl (C=S) groups is 1. The lowest BCUT2D eigenvalue weighted by Gasteiger charge is -2.38. The second-order valence-corrected chi connectivity index (χ2v) is 7.59. The van der Waals surface area contributed by atoms with Crippen molar-refractivity contribution >= 4 is 28.9 Å². The number of piperazine rings is 1. The lowest BCUT2D eigenvalue weighted by molar-refractivity contribution is -0.142. The van der Waals surface area contributed by atoms with Crippen LogP contribution in [0.5, 0.6) is 23.0 Å². The molecule has 1 N–H and O–H groups in total. The number of carbonyl (C=O) groups excluding carboxylic acids is 1. The van der Waals surface area contributed by atoms with Gasteiger partial charge in [0.2, 0.25) is 6.10 Å². The van der Waals surface area contributed by atoms with Gasteiger partial charge in [-0.05, 0) is 24.4 Å². The average molecular weight is 444 g/mol. The SMILES string of the molecule is COc1cc(NC(=S)N2CCN(C(=O)C3COc4ccccc4O3)CC2)cc(OC)c1. The largest absolute Gasteiger partial charge is 0.497 e. The predicted molar refractivity (Wildman–Crippen MR) is 120 cm³/mol. The first kappa shape index (κ1) is 21.0. The number of nitrogens with zero attached hydrogens (tertiary/aromatic N) is 2. The van der Waals surface area contributed by atoms with E-state index in [4.69, 9.17) is 31.2 Å². The van der Waals surface area contributed by atoms with Gasteiger partial charge in [-0.15, -0.1) is 0 Å². The monoisotopic (exact) mass is 443 g/mol. The Bertz CT molecular complexity index is 940. The van der Waals surface area contributed by atoms with Crippen LogP contribution in [-0.4, -0.2) is 73.9 Å². The zero-order valence-corrected chi connectivity index (χ0v) is 18.3. The number of hydrogen-bond acceptors (Lipinski definition) is 6. The Morgan fingerprint density at radius 2 is 1.61 bits per heavy atom. The molecule has 0 bridgehead atoms. The highest BCUT2D eigenvalue weighted by Gasteiger charge is 2.33. The Morgan fingerprint density at radius 3 is 2.26 bits per heavy atom. The van der Waals surface area contributed by atoms with Crippen molar-refractivity contribution in [3.05, 3.63) is 42.5 Å². The molecule has 0 aromatic heterocycles. The van der Waals surface area contributed by atoms with Crippen LogP contribution in [0.25, 0.3) is 0 Å². The number of ether oxygens (including phenoxy) is 4. The van der Waals surface area contributed by atoms with Gasteiger partial charge in [0, 0.05) is 50.1 Å². The van der Waals surface area contributed by atoms with Crippen LogP contribution < -0.4 is 24.3 Å². The molecule has 31 heavy (non-hydrogen) atoms. The fourth-order valence-electron chi connectivity index (χ4n) is 3.56. The van der Waals surface area contributed by atoms with Crippen LogP contribution in [0.3, 0.4) is 0 Å². The number of hydrogen-bond donors (Lipinski definition) is 1. The minimum atomic E-state index is -0.629. The van der Waals surface area contributed by atoms with Crippen LogP contribution in [0.15, 0.2) is 42.5 Å². The van der Waals surface area contributed by atoms with E-state index < -0.39 is 6.10 Å². The van der Waals surface area contributed by atoms with E-state index in [-0.39, 0.29) is 12.5 Å². The average Bonchev–Trinajstić information content (AvgIpc) is 2.83. The number of nitrogens with one attached hydrogen (secondary N) is 1. The van der Waals surface area contributed by atoms with Gasteiger partial charge in [0.15, 0.2) is 16.6 Å². The zero-order chi connectivity index (χ0) is 21.8. The van der Waals surface area contributed by atoms with Gasteiger partial charge in [0.25, 0.3) is 5.91 Å². The fraction of sp³-hybridized carbons (Fsp3) is 0.364. The van der Waals surface area contributed by atoms with E-state index in [2.05, 4.69) is 5.32 Å². The van der Waals surface area contributed by atoms with Gasteiger partial charge < -0.3 is 34.1 Å². The molecular formula is C22H25N3O5S. The van der Waals surface area contributed by atoms with E-state index in [0.717, 1.165) is 5.69 Å². The standard InChI is InChI=1S/C22H25N3O5S/c1-27-16-11-15(12-17(13-16)28-2)23-22(31)25-9-7-24(8-10-25)21(26)20-14-29-18-5-3-4-6-19(18)30-20/h3-6,11-13,20H,7-10,14H2,1-2H3,(H,23,31). The quantitative estimate of drug-likeness (QED) is 0.723. The Hall–Kier alpha value is -3.20. The van der Waals surface area contributed by atoms with Gasteiger partial charge in [-0.1, -0.05) is 12.1 Å². The molecule has 1 saturated heterocycles. The maximum atomic E-state index is 12.9. The third-order valence-electron chi connectivity index (χ3n) is 5.27. The van der Waals surface area contributed by atoms with Crippen molar-refractivity contribution in [2.75, 3.05) is 52.3 Å². The summed E-state index contributed by atoms with van der Waals surface area (Å²) < 4.78 is 22.1. The first-order chi connectivity index (χ1) is 15.1. The molecule has 0 radical (unpaired) electrons. The maximum absolute atomic E-state index is 12.9. The number of anilines is 1. The van der Waals surface area contributed by atoms with E-state index in [1.807, 2.05) is 41.3 Å². The van der Waals surface area contributed by atoms with Crippen LogP contribution in [0.1, 0.15) is 0 Å². The summed E-state index contributed by atoms with van der Waals surface area (Å²) >= 11 is 5.57. The molecule has 2 aliphatic heterocycles. The second-order valence-electron chi connectivity index (χ2n) is 7.21. The van der Waals surface area contributed by atoms with E-state index in [1.165, 1.54) is 0 Å². The van der Waals surface area contributed by atoms with Crippen LogP contribution in [0.2, 0.25) is 0 Å². The predicted octanol–water partition coefficient (Wildman–Crippen LogP) is 2.38. The molecule has 0 spiro atoms. The Kier molecular flexibility index (Phi) is 6.31. The molecule has 1 atom stereocenters. The molecular weight excluding hydrogens is 418 g/mol. The summed E-state index contributed by atoms with van der Waals surface area (Å²) in [4.78, 5) is 16.7. The minimum absolute atomic E-state index is 0.0643. The molecule has 9 heteroatoms. The van der Waals surface area contributed by atoms with Crippen LogP contribution in [0.4, 0.5) is 5.69 Å². The smallest absolute Gasteiger partial charge is 0.267 e. The van der Waals surface area contributed by atoms with Crippen LogP contribution in [0, 0.1) is 0 Å². The summed E-state index contributed by atoms with van der Waals surface area (Å²) in [5, 5.41) is 3.82. The highest BCUT2D eigenvalue weighted by atomic mass is 32.1. The number of methoxy groups -OCH3 is 2. The second kappa shape index (κ2) is 9.30. The molecule has 8 nitrogen and oxygen atoms in total. The van der Waals surface area contributed by atoms with Gasteiger partial charge in [0.05, 0.1) is 14.2 Å². The summed E-state index contributed by atoms with van der Waals surface area (Å²) in [7, 11) is 3.21. The van der Waals surface area contributed by atoms with E-state index >= 15 is 0 Å². The summed E-state index contributed by atoms with van der Waals surface area (Å²) in [5.41, 5.74) is 0.783. The Balaban J connectivity index is 1.31. The molecule has 2 heterocycles. The molecule has 164 valence electrons. The Morgan fingerprint density at radius 1 is 1.00 bits per heavy atom. The minimum Gasteiger partial charge on any atom is -0.497 e. The first-order valence-corrected chi connectivity index (χ1v) is 10.4. The van der Waals surface area contributed by atoms with Gasteiger partial charge in [-0.2, -0.15) is 0 Å². The number of rotatable bonds is 4. The molecule has 4 rings (SSSR count). The van der Waals surface area contributed by atoms with Crippen molar-refractivity contribution < 1.29 is 23.7 Å². The number of fused-ring (bicyclic) bond motifs is 1. The first-order valence-electron chi connectivity index (χ1n) is 10.0. The van der Waals surface area contributed by atoms with Crippen molar-refractivity contribution in [1.29, 1.82) is 0 Å². The Labute approximate surface area is 186 Å². The van der Waals surface area contributed by atoms with Crippen molar-refractivity contribution in [2.45, 2.75) is 6.10 Å². The van der Waals surface area contributed by atoms with Crippen molar-refractivity contribution in [1.82, 2.24) is 9.80 Å². The molecule has 0 saturated carbocycles. The number of amides is 1. The number of carbonyl (C=O) groups is 1. The van der Waals surface area contributed by atoms with Gasteiger partial charge in [-0.25, -0.2) is 0 Å². The third-order valence-corrected chi connectivity index (χ3v) is 5.63. The lowest BCUT2D eigenvalue weighted by Crippen LogP contribution is -2.55. The van der Waals surface area contributed by atoms with Crippen molar-refractivity contribution in [2.24, 2.45) is 0 Å². The van der Waals surface area contributed by atoms with Crippen molar-refractivity contribution in [3.63, 3.8) is 0 Å². The molecule has 1 fully saturated rings. The molecule has 2 aliphatic rings. The zero-order valence-electron chi connectivity index (χ0n) is 17.5. The van der Waals surface area contributed by atoms with E-state index in [0.29, 0.717) is 54.3 Å². The molecule has 2 aromatic rings. The molecule has 1 unspecified atom stereocenters. The highest BCUT2D eigenvalue weighted by molar-refractivity contribution is 7.80.